The van der Waals surface area contributed by atoms with E-state index >= 15 is 0 Å². The Morgan fingerprint density at radius 1 is 1.32 bits per heavy atom. The SMILES string of the molecule is CC(Cn1ccnc1)Nc1ccc(C(C)(C)C)cn1. The number of aromatic nitrogens is 3. The number of hydrogen-bond donors (Lipinski definition) is 1. The Morgan fingerprint density at radius 3 is 2.63 bits per heavy atom. The van der Waals surface area contributed by atoms with Crippen molar-refractivity contribution in [1.29, 1.82) is 0 Å². The van der Waals surface area contributed by atoms with E-state index in [9.17, 15) is 0 Å². The maximum absolute atomic E-state index is 4.48. The first kappa shape index (κ1) is 13.6. The number of imidazole rings is 1. The molecule has 0 fully saturated rings. The van der Waals surface area contributed by atoms with Crippen LogP contribution in [-0.2, 0) is 12.0 Å². The Bertz CT molecular complexity index is 494. The molecular weight excluding hydrogens is 236 g/mol. The Labute approximate surface area is 114 Å². The average molecular weight is 258 g/mol. The summed E-state index contributed by atoms with van der Waals surface area (Å²) < 4.78 is 2.06. The summed E-state index contributed by atoms with van der Waals surface area (Å²) in [6.07, 6.45) is 7.54. The molecule has 0 aromatic carbocycles. The van der Waals surface area contributed by atoms with Gasteiger partial charge in [0.25, 0.3) is 0 Å². The van der Waals surface area contributed by atoms with E-state index in [0.717, 1.165) is 12.4 Å². The minimum atomic E-state index is 0.147. The van der Waals surface area contributed by atoms with Crippen LogP contribution in [-0.4, -0.2) is 20.6 Å². The molecule has 0 saturated heterocycles. The van der Waals surface area contributed by atoms with Crippen LogP contribution in [0.1, 0.15) is 33.3 Å². The second kappa shape index (κ2) is 5.43. The van der Waals surface area contributed by atoms with Gasteiger partial charge in [-0.1, -0.05) is 26.8 Å². The lowest BCUT2D eigenvalue weighted by Crippen LogP contribution is -2.22. The van der Waals surface area contributed by atoms with Crippen LogP contribution in [0.2, 0.25) is 0 Å². The summed E-state index contributed by atoms with van der Waals surface area (Å²) in [4.78, 5) is 8.52. The first-order valence-corrected chi connectivity index (χ1v) is 6.64. The molecular formula is C15H22N4. The number of anilines is 1. The van der Waals surface area contributed by atoms with Crippen molar-refractivity contribution in [3.63, 3.8) is 0 Å². The van der Waals surface area contributed by atoms with Crippen LogP contribution in [0, 0.1) is 0 Å². The van der Waals surface area contributed by atoms with Crippen LogP contribution in [0.3, 0.4) is 0 Å². The maximum atomic E-state index is 4.48. The van der Waals surface area contributed by atoms with Gasteiger partial charge in [-0.15, -0.1) is 0 Å². The topological polar surface area (TPSA) is 42.7 Å². The van der Waals surface area contributed by atoms with Crippen LogP contribution in [0.25, 0.3) is 0 Å². The largest absolute Gasteiger partial charge is 0.366 e. The lowest BCUT2D eigenvalue weighted by atomic mass is 9.88. The third-order valence-electron chi connectivity index (χ3n) is 3.07. The fraction of sp³-hybridized carbons (Fsp3) is 0.467. The lowest BCUT2D eigenvalue weighted by molar-refractivity contribution is 0.586. The zero-order valence-corrected chi connectivity index (χ0v) is 12.1. The van der Waals surface area contributed by atoms with Crippen molar-refractivity contribution in [3.05, 3.63) is 42.6 Å². The molecule has 19 heavy (non-hydrogen) atoms. The monoisotopic (exact) mass is 258 g/mol. The van der Waals surface area contributed by atoms with Crippen molar-refractivity contribution >= 4 is 5.82 Å². The second-order valence-corrected chi connectivity index (χ2v) is 5.99. The second-order valence-electron chi connectivity index (χ2n) is 5.99. The average Bonchev–Trinajstić information content (AvgIpc) is 2.81. The van der Waals surface area contributed by atoms with Gasteiger partial charge in [0.2, 0.25) is 0 Å². The molecule has 0 spiro atoms. The molecule has 0 aliphatic heterocycles. The molecule has 102 valence electrons. The minimum absolute atomic E-state index is 0.147. The maximum Gasteiger partial charge on any atom is 0.126 e. The van der Waals surface area contributed by atoms with Gasteiger partial charge in [-0.2, -0.15) is 0 Å². The van der Waals surface area contributed by atoms with Gasteiger partial charge in [-0.3, -0.25) is 0 Å². The van der Waals surface area contributed by atoms with Crippen LogP contribution in [0.15, 0.2) is 37.1 Å². The van der Waals surface area contributed by atoms with E-state index in [2.05, 4.69) is 53.6 Å². The van der Waals surface area contributed by atoms with Gasteiger partial charge in [0.1, 0.15) is 5.82 Å². The zero-order valence-electron chi connectivity index (χ0n) is 12.1. The fourth-order valence-corrected chi connectivity index (χ4v) is 1.93. The van der Waals surface area contributed by atoms with Crippen molar-refractivity contribution in [3.8, 4) is 0 Å². The number of nitrogens with zero attached hydrogens (tertiary/aromatic N) is 3. The molecule has 2 heterocycles. The van der Waals surface area contributed by atoms with E-state index in [-0.39, 0.29) is 5.41 Å². The highest BCUT2D eigenvalue weighted by molar-refractivity contribution is 5.37. The van der Waals surface area contributed by atoms with E-state index in [1.54, 1.807) is 6.20 Å². The molecule has 1 atom stereocenters. The van der Waals surface area contributed by atoms with E-state index < -0.39 is 0 Å². The summed E-state index contributed by atoms with van der Waals surface area (Å²) in [7, 11) is 0. The number of hydrogen-bond acceptors (Lipinski definition) is 3. The van der Waals surface area contributed by atoms with Gasteiger partial charge in [-0.25, -0.2) is 9.97 Å². The molecule has 0 bridgehead atoms. The van der Waals surface area contributed by atoms with E-state index in [0.29, 0.717) is 6.04 Å². The molecule has 2 aromatic rings. The van der Waals surface area contributed by atoms with Gasteiger partial charge in [0.05, 0.1) is 6.33 Å². The van der Waals surface area contributed by atoms with Crippen molar-refractivity contribution in [2.75, 3.05) is 5.32 Å². The Morgan fingerprint density at radius 2 is 2.11 bits per heavy atom. The number of nitrogens with one attached hydrogen (secondary N) is 1. The van der Waals surface area contributed by atoms with E-state index in [1.807, 2.05) is 24.8 Å². The third-order valence-corrected chi connectivity index (χ3v) is 3.07. The first-order chi connectivity index (χ1) is 8.95. The highest BCUT2D eigenvalue weighted by atomic mass is 15.1. The summed E-state index contributed by atoms with van der Waals surface area (Å²) >= 11 is 0. The number of rotatable bonds is 4. The standard InChI is InChI=1S/C15H22N4/c1-12(10-19-8-7-16-11-19)18-14-6-5-13(9-17-14)15(2,3)4/h5-9,11-12H,10H2,1-4H3,(H,17,18). The van der Waals surface area contributed by atoms with Crippen molar-refractivity contribution < 1.29 is 0 Å². The molecule has 1 unspecified atom stereocenters. The Balaban J connectivity index is 1.96. The molecule has 0 radical (unpaired) electrons. The highest BCUT2D eigenvalue weighted by Crippen LogP contribution is 2.22. The quantitative estimate of drug-likeness (QED) is 0.916. The van der Waals surface area contributed by atoms with Crippen molar-refractivity contribution in [1.82, 2.24) is 14.5 Å². The fourth-order valence-electron chi connectivity index (χ4n) is 1.93. The molecule has 1 N–H and O–H groups in total. The van der Waals surface area contributed by atoms with Crippen molar-refractivity contribution in [2.45, 2.75) is 45.7 Å². The Kier molecular flexibility index (Phi) is 3.88. The molecule has 0 aliphatic carbocycles. The minimum Gasteiger partial charge on any atom is -0.366 e. The first-order valence-electron chi connectivity index (χ1n) is 6.64. The molecule has 4 heteroatoms. The summed E-state index contributed by atoms with van der Waals surface area (Å²) in [6, 6.07) is 4.49. The van der Waals surface area contributed by atoms with Gasteiger partial charge in [0.15, 0.2) is 0 Å². The van der Waals surface area contributed by atoms with Crippen LogP contribution >= 0.6 is 0 Å². The normalized spacial score (nSPS) is 13.3. The van der Waals surface area contributed by atoms with Gasteiger partial charge in [-0.05, 0) is 24.0 Å². The smallest absolute Gasteiger partial charge is 0.126 e. The van der Waals surface area contributed by atoms with E-state index in [1.165, 1.54) is 5.56 Å². The molecule has 2 rings (SSSR count). The van der Waals surface area contributed by atoms with Crippen LogP contribution < -0.4 is 5.32 Å². The van der Waals surface area contributed by atoms with E-state index in [4.69, 9.17) is 0 Å². The Hall–Kier alpha value is -1.84. The molecule has 4 nitrogen and oxygen atoms in total. The van der Waals surface area contributed by atoms with Crippen LogP contribution in [0.4, 0.5) is 5.82 Å². The molecule has 0 aliphatic rings. The molecule has 0 amide bonds. The summed E-state index contributed by atoms with van der Waals surface area (Å²) in [5, 5.41) is 3.40. The predicted octanol–water partition coefficient (Wildman–Crippen LogP) is 3.08. The summed E-state index contributed by atoms with van der Waals surface area (Å²) in [5.41, 5.74) is 1.40. The predicted molar refractivity (Wildman–Crippen MR) is 78.2 cm³/mol. The lowest BCUT2D eigenvalue weighted by Gasteiger charge is -2.20. The van der Waals surface area contributed by atoms with Gasteiger partial charge in [0, 0.05) is 31.2 Å². The van der Waals surface area contributed by atoms with Crippen LogP contribution in [0.5, 0.6) is 0 Å². The van der Waals surface area contributed by atoms with Crippen molar-refractivity contribution in [2.24, 2.45) is 0 Å². The molecule has 0 saturated carbocycles. The molecule has 2 aromatic heterocycles. The summed E-state index contributed by atoms with van der Waals surface area (Å²) in [5.74, 6) is 0.917. The third kappa shape index (κ3) is 3.81. The highest BCUT2D eigenvalue weighted by Gasteiger charge is 2.13. The van der Waals surface area contributed by atoms with Gasteiger partial charge < -0.3 is 9.88 Å². The summed E-state index contributed by atoms with van der Waals surface area (Å²) in [6.45, 7) is 9.60. The zero-order chi connectivity index (χ0) is 13.9. The van der Waals surface area contributed by atoms with Gasteiger partial charge >= 0.3 is 0 Å². The number of pyridine rings is 1.